The Hall–Kier alpha value is 0.230. The molecule has 0 saturated heterocycles. The third-order valence-electron chi connectivity index (χ3n) is 0.274. The highest BCUT2D eigenvalue weighted by molar-refractivity contribution is 7.78. The van der Waals surface area contributed by atoms with Crippen molar-refractivity contribution in [3.05, 3.63) is 0 Å². The Morgan fingerprint density at radius 2 is 2.17 bits per heavy atom. The fourth-order valence-corrected chi connectivity index (χ4v) is 0.245. The molecule has 0 fully saturated rings. The fourth-order valence-electron chi connectivity index (χ4n) is 0.0816. The molecule has 0 amide bonds. The Morgan fingerprint density at radius 1 is 1.67 bits per heavy atom. The number of aliphatic hydroxyl groups is 2. The van der Waals surface area contributed by atoms with Crippen LogP contribution in [0, 0.1) is 0 Å². The van der Waals surface area contributed by atoms with Gasteiger partial charge in [-0.3, -0.25) is 4.72 Å². The maximum atomic E-state index is 8.00. The first-order valence-electron chi connectivity index (χ1n) is 1.50. The Kier molecular flexibility index (Phi) is 3.55. The molecule has 0 spiro atoms. The first kappa shape index (κ1) is 6.23. The van der Waals surface area contributed by atoms with Gasteiger partial charge in [0.2, 0.25) is 0 Å². The zero-order chi connectivity index (χ0) is 4.99. The SMILES string of the molecule is OC(O)CNS. The van der Waals surface area contributed by atoms with Crippen LogP contribution in [0.3, 0.4) is 0 Å². The van der Waals surface area contributed by atoms with Gasteiger partial charge in [0, 0.05) is 0 Å². The predicted molar refractivity (Wildman–Crippen MR) is 25.2 cm³/mol. The number of hydrogen-bond acceptors (Lipinski definition) is 4. The molecule has 0 rings (SSSR count). The minimum absolute atomic E-state index is 0.100. The van der Waals surface area contributed by atoms with Crippen molar-refractivity contribution in [2.75, 3.05) is 6.54 Å². The van der Waals surface area contributed by atoms with Crippen molar-refractivity contribution in [1.29, 1.82) is 0 Å². The van der Waals surface area contributed by atoms with Crippen LogP contribution in [0.15, 0.2) is 0 Å². The monoisotopic (exact) mass is 109 g/mol. The van der Waals surface area contributed by atoms with E-state index >= 15 is 0 Å². The zero-order valence-corrected chi connectivity index (χ0v) is 4.02. The van der Waals surface area contributed by atoms with Crippen LogP contribution >= 0.6 is 12.8 Å². The highest BCUT2D eigenvalue weighted by Gasteiger charge is 1.88. The van der Waals surface area contributed by atoms with Crippen molar-refractivity contribution in [2.24, 2.45) is 0 Å². The van der Waals surface area contributed by atoms with Crippen LogP contribution in [0.25, 0.3) is 0 Å². The molecule has 0 radical (unpaired) electrons. The van der Waals surface area contributed by atoms with E-state index in [0.29, 0.717) is 0 Å². The topological polar surface area (TPSA) is 52.5 Å². The van der Waals surface area contributed by atoms with Crippen molar-refractivity contribution in [1.82, 2.24) is 4.72 Å². The van der Waals surface area contributed by atoms with Gasteiger partial charge in [-0.05, 0) is 0 Å². The summed E-state index contributed by atoms with van der Waals surface area (Å²) in [5.74, 6) is 0. The van der Waals surface area contributed by atoms with E-state index in [1.54, 1.807) is 0 Å². The molecule has 38 valence electrons. The van der Waals surface area contributed by atoms with E-state index < -0.39 is 6.29 Å². The first-order valence-corrected chi connectivity index (χ1v) is 1.95. The third kappa shape index (κ3) is 4.23. The highest BCUT2D eigenvalue weighted by Crippen LogP contribution is 1.68. The minimum Gasteiger partial charge on any atom is -0.367 e. The molecule has 6 heavy (non-hydrogen) atoms. The van der Waals surface area contributed by atoms with Crippen LogP contribution in [0.5, 0.6) is 0 Å². The Morgan fingerprint density at radius 3 is 2.17 bits per heavy atom. The molecule has 0 aromatic rings. The molecule has 0 aromatic carbocycles. The van der Waals surface area contributed by atoms with Crippen LogP contribution in [-0.4, -0.2) is 23.0 Å². The molecule has 0 aliphatic heterocycles. The smallest absolute Gasteiger partial charge is 0.165 e. The third-order valence-corrected chi connectivity index (χ3v) is 0.456. The molecule has 0 bridgehead atoms. The molecule has 0 aromatic heterocycles. The van der Waals surface area contributed by atoms with Gasteiger partial charge in [-0.25, -0.2) is 0 Å². The Bertz CT molecular complexity index is 32.7. The van der Waals surface area contributed by atoms with E-state index in [1.807, 2.05) is 0 Å². The summed E-state index contributed by atoms with van der Waals surface area (Å²) in [5, 5.41) is 16.0. The normalized spacial score (nSPS) is 10.0. The second kappa shape index (κ2) is 3.42. The van der Waals surface area contributed by atoms with E-state index in [1.165, 1.54) is 0 Å². The molecular weight excluding hydrogens is 102 g/mol. The van der Waals surface area contributed by atoms with Gasteiger partial charge in [-0.15, -0.1) is 0 Å². The van der Waals surface area contributed by atoms with Crippen LogP contribution < -0.4 is 4.72 Å². The van der Waals surface area contributed by atoms with Crippen molar-refractivity contribution >= 4 is 12.8 Å². The number of hydrogen-bond donors (Lipinski definition) is 4. The molecule has 0 unspecified atom stereocenters. The molecule has 0 aliphatic carbocycles. The average molecular weight is 109 g/mol. The lowest BCUT2D eigenvalue weighted by Gasteiger charge is -1.96. The van der Waals surface area contributed by atoms with E-state index in [4.69, 9.17) is 10.2 Å². The summed E-state index contributed by atoms with van der Waals surface area (Å²) in [6.45, 7) is 0.100. The summed E-state index contributed by atoms with van der Waals surface area (Å²) in [5.41, 5.74) is 0. The highest BCUT2D eigenvalue weighted by atomic mass is 32.1. The van der Waals surface area contributed by atoms with Crippen molar-refractivity contribution in [3.8, 4) is 0 Å². The summed E-state index contributed by atoms with van der Waals surface area (Å²) in [6, 6.07) is 0. The van der Waals surface area contributed by atoms with Gasteiger partial charge in [-0.2, -0.15) is 0 Å². The van der Waals surface area contributed by atoms with Gasteiger partial charge in [0.1, 0.15) is 0 Å². The largest absolute Gasteiger partial charge is 0.367 e. The molecule has 4 heteroatoms. The number of thiol groups is 1. The molecule has 0 saturated carbocycles. The quantitative estimate of drug-likeness (QED) is 0.264. The molecule has 0 aliphatic rings. The van der Waals surface area contributed by atoms with Crippen molar-refractivity contribution < 1.29 is 10.2 Å². The van der Waals surface area contributed by atoms with E-state index in [2.05, 4.69) is 17.5 Å². The molecule has 0 atom stereocenters. The zero-order valence-electron chi connectivity index (χ0n) is 3.13. The number of aliphatic hydroxyl groups excluding tert-OH is 1. The second-order valence-electron chi connectivity index (χ2n) is 0.843. The van der Waals surface area contributed by atoms with Crippen LogP contribution in [0.1, 0.15) is 0 Å². The fraction of sp³-hybridized carbons (Fsp3) is 1.00. The molecule has 3 N–H and O–H groups in total. The van der Waals surface area contributed by atoms with Gasteiger partial charge < -0.3 is 10.2 Å². The van der Waals surface area contributed by atoms with Gasteiger partial charge in [0.05, 0.1) is 6.54 Å². The van der Waals surface area contributed by atoms with Crippen LogP contribution in [-0.2, 0) is 0 Å². The van der Waals surface area contributed by atoms with Gasteiger partial charge >= 0.3 is 0 Å². The van der Waals surface area contributed by atoms with Gasteiger partial charge in [0.15, 0.2) is 6.29 Å². The first-order chi connectivity index (χ1) is 2.77. The lowest BCUT2D eigenvalue weighted by atomic mass is 10.7. The summed E-state index contributed by atoms with van der Waals surface area (Å²) in [4.78, 5) is 0. The van der Waals surface area contributed by atoms with Gasteiger partial charge in [-0.1, -0.05) is 12.8 Å². The number of rotatable bonds is 2. The maximum Gasteiger partial charge on any atom is 0.165 e. The number of nitrogens with one attached hydrogen (secondary N) is 1. The van der Waals surface area contributed by atoms with E-state index in [-0.39, 0.29) is 6.54 Å². The van der Waals surface area contributed by atoms with Crippen molar-refractivity contribution in [2.45, 2.75) is 6.29 Å². The standard InChI is InChI=1S/C2H7NO2S/c4-2(5)1-3-6/h2-6H,1H2. The van der Waals surface area contributed by atoms with Gasteiger partial charge in [0.25, 0.3) is 0 Å². The van der Waals surface area contributed by atoms with Crippen LogP contribution in [0.4, 0.5) is 0 Å². The second-order valence-corrected chi connectivity index (χ2v) is 1.16. The summed E-state index contributed by atoms with van der Waals surface area (Å²) in [6.07, 6.45) is -1.29. The summed E-state index contributed by atoms with van der Waals surface area (Å²) in [7, 11) is 0. The minimum atomic E-state index is -1.29. The lowest BCUT2D eigenvalue weighted by Crippen LogP contribution is -2.18. The maximum absolute atomic E-state index is 8.00. The Balaban J connectivity index is 2.63. The van der Waals surface area contributed by atoms with Crippen molar-refractivity contribution in [3.63, 3.8) is 0 Å². The summed E-state index contributed by atoms with van der Waals surface area (Å²) < 4.78 is 2.26. The lowest BCUT2D eigenvalue weighted by molar-refractivity contribution is -0.0330. The predicted octanol–water partition coefficient (Wildman–Crippen LogP) is -1.27. The summed E-state index contributed by atoms with van der Waals surface area (Å²) >= 11 is 3.49. The molecule has 0 heterocycles. The molecular formula is C2H7NO2S. The van der Waals surface area contributed by atoms with Crippen LogP contribution in [0.2, 0.25) is 0 Å². The van der Waals surface area contributed by atoms with E-state index in [9.17, 15) is 0 Å². The molecule has 3 nitrogen and oxygen atoms in total. The Labute approximate surface area is 41.5 Å². The van der Waals surface area contributed by atoms with E-state index in [0.717, 1.165) is 0 Å². The average Bonchev–Trinajstić information content (AvgIpc) is 1.35.